The van der Waals surface area contributed by atoms with E-state index in [0.29, 0.717) is 12.5 Å². The zero-order chi connectivity index (χ0) is 27.6. The summed E-state index contributed by atoms with van der Waals surface area (Å²) in [6, 6.07) is 27.1. The molecule has 3 aliphatic rings. The first-order valence-corrected chi connectivity index (χ1v) is 14.6. The molecule has 40 heavy (non-hydrogen) atoms. The molecular formula is C34H36ClN3O2. The molecule has 3 heterocycles. The number of rotatable bonds is 7. The van der Waals surface area contributed by atoms with Gasteiger partial charge in [-0.2, -0.15) is 0 Å². The van der Waals surface area contributed by atoms with E-state index in [1.807, 2.05) is 48.5 Å². The molecule has 0 saturated carbocycles. The highest BCUT2D eigenvalue weighted by atomic mass is 35.5. The summed E-state index contributed by atoms with van der Waals surface area (Å²) in [4.78, 5) is 23.3. The molecule has 3 aliphatic heterocycles. The third-order valence-electron chi connectivity index (χ3n) is 8.56. The highest BCUT2D eigenvalue weighted by Crippen LogP contribution is 2.44. The number of ether oxygens (including phenoxy) is 1. The minimum atomic E-state index is 0.0361. The molecule has 1 amide bonds. The lowest BCUT2D eigenvalue weighted by Gasteiger charge is -2.43. The van der Waals surface area contributed by atoms with E-state index in [4.69, 9.17) is 21.3 Å². The molecule has 0 N–H and O–H groups in total. The van der Waals surface area contributed by atoms with Gasteiger partial charge in [0.2, 0.25) is 0 Å². The number of nitrogens with zero attached hydrogens (tertiary/aromatic N) is 3. The van der Waals surface area contributed by atoms with E-state index in [1.54, 1.807) is 0 Å². The molecule has 3 aromatic carbocycles. The highest BCUT2D eigenvalue weighted by Gasteiger charge is 2.40. The Balaban J connectivity index is 1.31. The van der Waals surface area contributed by atoms with Crippen LogP contribution in [-0.4, -0.2) is 42.5 Å². The molecule has 6 rings (SSSR count). The van der Waals surface area contributed by atoms with Crippen molar-refractivity contribution in [2.24, 2.45) is 10.9 Å². The Morgan fingerprint density at radius 1 is 1.00 bits per heavy atom. The fourth-order valence-corrected chi connectivity index (χ4v) is 6.94. The molecular weight excluding hydrogens is 518 g/mol. The predicted molar refractivity (Wildman–Crippen MR) is 159 cm³/mol. The molecule has 3 atom stereocenters. The van der Waals surface area contributed by atoms with Crippen molar-refractivity contribution in [3.8, 4) is 0 Å². The molecule has 3 unspecified atom stereocenters. The van der Waals surface area contributed by atoms with Crippen LogP contribution in [0.2, 0.25) is 5.02 Å². The molecule has 206 valence electrons. The van der Waals surface area contributed by atoms with Gasteiger partial charge in [-0.15, -0.1) is 0 Å². The number of halogens is 1. The topological polar surface area (TPSA) is 45.1 Å². The van der Waals surface area contributed by atoms with Crippen LogP contribution in [0.25, 0.3) is 5.57 Å². The highest BCUT2D eigenvalue weighted by molar-refractivity contribution is 6.30. The zero-order valence-electron chi connectivity index (χ0n) is 23.2. The van der Waals surface area contributed by atoms with Crippen LogP contribution in [0.15, 0.2) is 95.2 Å². The molecule has 0 radical (unpaired) electrons. The summed E-state index contributed by atoms with van der Waals surface area (Å²) in [6.45, 7) is 0.497. The van der Waals surface area contributed by atoms with Crippen molar-refractivity contribution in [1.29, 1.82) is 0 Å². The maximum atomic E-state index is 13.8. The average Bonchev–Trinajstić information content (AvgIpc) is 3.33. The lowest BCUT2D eigenvalue weighted by Crippen LogP contribution is -2.46. The standard InChI is InChI=1S/C34H36ClN3O2/c1-37(2)34(24-12-16-26(35)17-13-24)25-14-18-27-20-29-28-10-6-7-11-30(28)36-33(29)31(19-15-25)38(27)32(39)22-40-21-23-8-4-3-5-9-23/h3-13,16-17,25,27,34H,14-15,18-22H2,1-2H3. The monoisotopic (exact) mass is 553 g/mol. The molecule has 3 aromatic rings. The van der Waals surface area contributed by atoms with E-state index >= 15 is 0 Å². The van der Waals surface area contributed by atoms with E-state index < -0.39 is 0 Å². The Morgan fingerprint density at radius 3 is 2.52 bits per heavy atom. The molecule has 2 bridgehead atoms. The van der Waals surface area contributed by atoms with Gasteiger partial charge in [0, 0.05) is 28.0 Å². The summed E-state index contributed by atoms with van der Waals surface area (Å²) < 4.78 is 5.93. The Morgan fingerprint density at radius 2 is 1.75 bits per heavy atom. The first kappa shape index (κ1) is 26.9. The van der Waals surface area contributed by atoms with Gasteiger partial charge in [-0.3, -0.25) is 4.79 Å². The number of carbonyl (C=O) groups excluding carboxylic acids is 1. The van der Waals surface area contributed by atoms with Gasteiger partial charge >= 0.3 is 0 Å². The van der Waals surface area contributed by atoms with Crippen LogP contribution in [0.4, 0.5) is 0 Å². The molecule has 1 saturated heterocycles. The second kappa shape index (κ2) is 11.7. The lowest BCUT2D eigenvalue weighted by molar-refractivity contribution is -0.137. The van der Waals surface area contributed by atoms with Crippen molar-refractivity contribution < 1.29 is 9.53 Å². The molecule has 0 aliphatic carbocycles. The fourth-order valence-electron chi connectivity index (χ4n) is 6.81. The van der Waals surface area contributed by atoms with Crippen LogP contribution in [0.1, 0.15) is 49.3 Å². The third kappa shape index (κ3) is 5.38. The van der Waals surface area contributed by atoms with Crippen molar-refractivity contribution >= 4 is 23.1 Å². The number of hydrogen-bond donors (Lipinski definition) is 0. The van der Waals surface area contributed by atoms with Gasteiger partial charge in [-0.25, -0.2) is 4.99 Å². The van der Waals surface area contributed by atoms with E-state index in [1.165, 1.54) is 16.4 Å². The lowest BCUT2D eigenvalue weighted by atomic mass is 9.79. The van der Waals surface area contributed by atoms with Crippen LogP contribution in [0.5, 0.6) is 0 Å². The van der Waals surface area contributed by atoms with Gasteiger partial charge in [0.05, 0.1) is 17.7 Å². The summed E-state index contributed by atoms with van der Waals surface area (Å²) in [5.74, 6) is 0.486. The third-order valence-corrected chi connectivity index (χ3v) is 8.81. The summed E-state index contributed by atoms with van der Waals surface area (Å²) in [7, 11) is 4.32. The van der Waals surface area contributed by atoms with Gasteiger partial charge < -0.3 is 14.5 Å². The second-order valence-corrected chi connectivity index (χ2v) is 11.8. The van der Waals surface area contributed by atoms with Crippen molar-refractivity contribution in [2.45, 2.75) is 50.8 Å². The summed E-state index contributed by atoms with van der Waals surface area (Å²) in [5.41, 5.74) is 5.72. The van der Waals surface area contributed by atoms with Crippen molar-refractivity contribution in [2.75, 3.05) is 20.7 Å². The van der Waals surface area contributed by atoms with Gasteiger partial charge in [0.15, 0.2) is 0 Å². The van der Waals surface area contributed by atoms with Crippen LogP contribution in [0.3, 0.4) is 0 Å². The predicted octanol–water partition coefficient (Wildman–Crippen LogP) is 5.65. The number of benzene rings is 3. The first-order chi connectivity index (χ1) is 19.5. The van der Waals surface area contributed by atoms with Gasteiger partial charge in [-0.1, -0.05) is 72.3 Å². The van der Waals surface area contributed by atoms with Crippen LogP contribution in [-0.2, 0) is 16.1 Å². The number of amides is 1. The summed E-state index contributed by atoms with van der Waals surface area (Å²) >= 11 is 6.22. The van der Waals surface area contributed by atoms with Crippen molar-refractivity contribution in [3.05, 3.63) is 117 Å². The normalized spacial score (nSPS) is 20.9. The minimum Gasteiger partial charge on any atom is -0.367 e. The molecule has 0 aromatic heterocycles. The molecule has 6 heteroatoms. The maximum absolute atomic E-state index is 13.8. The molecule has 5 nitrogen and oxygen atoms in total. The largest absolute Gasteiger partial charge is 0.367 e. The van der Waals surface area contributed by atoms with Crippen molar-refractivity contribution in [3.63, 3.8) is 0 Å². The SMILES string of the molecule is CN(C)C(c1ccc(Cl)cc1)C1CCC2=C3N=c4ccccc4=C3CC(CC1)N2C(=O)COCc1ccccc1. The van der Waals surface area contributed by atoms with Crippen LogP contribution < -0.4 is 10.6 Å². The van der Waals surface area contributed by atoms with E-state index in [-0.39, 0.29) is 24.6 Å². The maximum Gasteiger partial charge on any atom is 0.253 e. The van der Waals surface area contributed by atoms with Crippen molar-refractivity contribution in [1.82, 2.24) is 9.80 Å². The minimum absolute atomic E-state index is 0.0361. The van der Waals surface area contributed by atoms with Gasteiger partial charge in [0.25, 0.3) is 5.91 Å². The van der Waals surface area contributed by atoms with Gasteiger partial charge in [0.1, 0.15) is 6.61 Å². The number of para-hydroxylation sites is 1. The molecule has 0 spiro atoms. The smallest absolute Gasteiger partial charge is 0.253 e. The van der Waals surface area contributed by atoms with E-state index in [2.05, 4.69) is 54.2 Å². The van der Waals surface area contributed by atoms with Gasteiger partial charge in [-0.05, 0) is 87.0 Å². The Hall–Kier alpha value is -3.25. The fraction of sp³-hybridized carbons (Fsp3) is 0.353. The number of hydrogen-bond acceptors (Lipinski definition) is 4. The van der Waals surface area contributed by atoms with Crippen LogP contribution in [0, 0.1) is 5.92 Å². The van der Waals surface area contributed by atoms with Crippen LogP contribution >= 0.6 is 11.6 Å². The quantitative estimate of drug-likeness (QED) is 0.380. The van der Waals surface area contributed by atoms with E-state index in [0.717, 1.165) is 59.4 Å². The Kier molecular flexibility index (Phi) is 7.88. The summed E-state index contributed by atoms with van der Waals surface area (Å²) in [6.07, 6.45) is 4.59. The average molecular weight is 554 g/mol. The number of fused-ring (bicyclic) bond motifs is 4. The Bertz CT molecular complexity index is 1530. The molecule has 1 fully saturated rings. The first-order valence-electron chi connectivity index (χ1n) is 14.3. The summed E-state index contributed by atoms with van der Waals surface area (Å²) in [5, 5.41) is 2.99. The number of allylic oxidation sites excluding steroid dienone is 2. The zero-order valence-corrected chi connectivity index (χ0v) is 24.0. The Labute approximate surface area is 241 Å². The second-order valence-electron chi connectivity index (χ2n) is 11.3. The number of carbonyl (C=O) groups is 1. The van der Waals surface area contributed by atoms with E-state index in [9.17, 15) is 4.79 Å².